The molecule has 4 nitrogen and oxygen atoms in total. The Morgan fingerprint density at radius 2 is 1.58 bits per heavy atom. The average Bonchev–Trinajstić information content (AvgIpc) is 2.63. The number of hydrogen-bond acceptors (Lipinski definition) is 4. The van der Waals surface area contributed by atoms with Gasteiger partial charge >= 0.3 is 0 Å². The quantitative estimate of drug-likeness (QED) is 0.656. The van der Waals surface area contributed by atoms with Crippen molar-refractivity contribution >= 4 is 17.3 Å². The molecule has 0 bridgehead atoms. The lowest BCUT2D eigenvalue weighted by atomic mass is 9.83. The number of ketones is 2. The van der Waals surface area contributed by atoms with Gasteiger partial charge in [0.05, 0.1) is 11.6 Å². The number of hydrogen-bond donors (Lipinski definition) is 2. The minimum absolute atomic E-state index is 0.0757. The Balaban J connectivity index is 2.17. The topological polar surface area (TPSA) is 66.4 Å². The molecule has 2 aromatic rings. The summed E-state index contributed by atoms with van der Waals surface area (Å²) in [6.45, 7) is 4.10. The smallest absolute Gasteiger partial charge is 0.235 e. The van der Waals surface area contributed by atoms with Crippen LogP contribution in [0, 0.1) is 0 Å². The molecule has 0 spiro atoms. The molecule has 1 aliphatic rings. The third-order valence-electron chi connectivity index (χ3n) is 4.02. The Morgan fingerprint density at radius 1 is 0.958 bits per heavy atom. The van der Waals surface area contributed by atoms with Crippen LogP contribution >= 0.6 is 0 Å². The standard InChI is InChI=1S/C20H17NO3/c1-2-12-21-17(13-8-4-3-5-9-13)16-18(22)14-10-6-7-11-15(14)19(23)20(16)24/h2-11,17,21-22H,1,12H2. The van der Waals surface area contributed by atoms with E-state index in [2.05, 4.69) is 11.9 Å². The minimum Gasteiger partial charge on any atom is -0.507 e. The van der Waals surface area contributed by atoms with Crippen molar-refractivity contribution in [1.82, 2.24) is 5.32 Å². The Morgan fingerprint density at radius 3 is 2.25 bits per heavy atom. The number of nitrogens with one attached hydrogen (secondary N) is 1. The van der Waals surface area contributed by atoms with Crippen molar-refractivity contribution in [2.75, 3.05) is 6.54 Å². The Bertz CT molecular complexity index is 837. The van der Waals surface area contributed by atoms with Crippen LogP contribution in [-0.4, -0.2) is 23.2 Å². The molecule has 0 fully saturated rings. The molecule has 1 unspecified atom stereocenters. The van der Waals surface area contributed by atoms with Crippen LogP contribution in [0.2, 0.25) is 0 Å². The van der Waals surface area contributed by atoms with Gasteiger partial charge in [0.1, 0.15) is 5.76 Å². The fraction of sp³-hybridized carbons (Fsp3) is 0.100. The highest BCUT2D eigenvalue weighted by Gasteiger charge is 2.37. The van der Waals surface area contributed by atoms with E-state index in [1.807, 2.05) is 30.3 Å². The first-order valence-corrected chi connectivity index (χ1v) is 7.66. The molecule has 1 aliphatic carbocycles. The molecule has 0 amide bonds. The van der Waals surface area contributed by atoms with Crippen molar-refractivity contribution in [3.05, 3.63) is 89.5 Å². The second kappa shape index (κ2) is 6.64. The van der Waals surface area contributed by atoms with Crippen molar-refractivity contribution in [2.24, 2.45) is 0 Å². The van der Waals surface area contributed by atoms with E-state index in [0.717, 1.165) is 5.56 Å². The maximum Gasteiger partial charge on any atom is 0.235 e. The van der Waals surface area contributed by atoms with Gasteiger partial charge in [0, 0.05) is 17.7 Å². The van der Waals surface area contributed by atoms with E-state index >= 15 is 0 Å². The summed E-state index contributed by atoms with van der Waals surface area (Å²) >= 11 is 0. The lowest BCUT2D eigenvalue weighted by molar-refractivity contribution is -0.112. The first-order valence-electron chi connectivity index (χ1n) is 7.66. The van der Waals surface area contributed by atoms with E-state index in [9.17, 15) is 14.7 Å². The molecule has 4 heteroatoms. The highest BCUT2D eigenvalue weighted by atomic mass is 16.3. The van der Waals surface area contributed by atoms with Crippen LogP contribution < -0.4 is 5.32 Å². The van der Waals surface area contributed by atoms with Crippen LogP contribution in [0.25, 0.3) is 5.76 Å². The summed E-state index contributed by atoms with van der Waals surface area (Å²) in [5.41, 5.74) is 1.49. The molecule has 0 heterocycles. The molecular formula is C20H17NO3. The summed E-state index contributed by atoms with van der Waals surface area (Å²) in [4.78, 5) is 25.1. The van der Waals surface area contributed by atoms with Crippen LogP contribution in [-0.2, 0) is 4.79 Å². The third-order valence-corrected chi connectivity index (χ3v) is 4.02. The van der Waals surface area contributed by atoms with Gasteiger partial charge in [-0.15, -0.1) is 6.58 Å². The fourth-order valence-electron chi connectivity index (χ4n) is 2.89. The van der Waals surface area contributed by atoms with Gasteiger partial charge in [0.15, 0.2) is 0 Å². The lowest BCUT2D eigenvalue weighted by Gasteiger charge is -2.25. The number of rotatable bonds is 5. The van der Waals surface area contributed by atoms with Crippen molar-refractivity contribution in [2.45, 2.75) is 6.04 Å². The predicted octanol–water partition coefficient (Wildman–Crippen LogP) is 3.24. The number of carbonyl (C=O) groups is 2. The highest BCUT2D eigenvalue weighted by Crippen LogP contribution is 2.34. The van der Waals surface area contributed by atoms with Gasteiger partial charge in [-0.05, 0) is 5.56 Å². The maximum atomic E-state index is 12.6. The lowest BCUT2D eigenvalue weighted by Crippen LogP contribution is -2.33. The van der Waals surface area contributed by atoms with Gasteiger partial charge in [-0.1, -0.05) is 60.7 Å². The zero-order valence-electron chi connectivity index (χ0n) is 13.0. The normalized spacial score (nSPS) is 15.2. The van der Waals surface area contributed by atoms with Gasteiger partial charge < -0.3 is 10.4 Å². The van der Waals surface area contributed by atoms with Crippen LogP contribution in [0.4, 0.5) is 0 Å². The summed E-state index contributed by atoms with van der Waals surface area (Å²) in [7, 11) is 0. The Hall–Kier alpha value is -2.98. The molecule has 120 valence electrons. The number of aliphatic hydroxyl groups excluding tert-OH is 1. The molecule has 24 heavy (non-hydrogen) atoms. The van der Waals surface area contributed by atoms with Gasteiger partial charge in [0.25, 0.3) is 0 Å². The van der Waals surface area contributed by atoms with E-state index < -0.39 is 17.6 Å². The third kappa shape index (κ3) is 2.68. The Labute approximate surface area is 140 Å². The van der Waals surface area contributed by atoms with Gasteiger partial charge in [-0.25, -0.2) is 0 Å². The SMILES string of the molecule is C=CCNC(C1=C(O)c2ccccc2C(=O)C1=O)c1ccccc1. The average molecular weight is 319 g/mol. The van der Waals surface area contributed by atoms with E-state index in [4.69, 9.17) is 0 Å². The zero-order chi connectivity index (χ0) is 17.1. The molecule has 3 rings (SSSR count). The molecule has 2 N–H and O–H groups in total. The zero-order valence-corrected chi connectivity index (χ0v) is 13.0. The number of benzene rings is 2. The van der Waals surface area contributed by atoms with E-state index in [-0.39, 0.29) is 16.9 Å². The molecule has 0 aliphatic heterocycles. The fourth-order valence-corrected chi connectivity index (χ4v) is 2.89. The van der Waals surface area contributed by atoms with Crippen LogP contribution in [0.1, 0.15) is 27.5 Å². The predicted molar refractivity (Wildman–Crippen MR) is 92.7 cm³/mol. The summed E-state index contributed by atoms with van der Waals surface area (Å²) in [5.74, 6) is -1.43. The van der Waals surface area contributed by atoms with E-state index in [0.29, 0.717) is 12.1 Å². The number of Topliss-reactive ketones (excluding diaryl/α,β-unsaturated/α-hetero) is 2. The minimum atomic E-state index is -0.684. The van der Waals surface area contributed by atoms with Crippen LogP contribution in [0.15, 0.2) is 72.8 Å². The summed E-state index contributed by atoms with van der Waals surface area (Å²) in [6.07, 6.45) is 1.66. The summed E-state index contributed by atoms with van der Waals surface area (Å²) in [5, 5.41) is 13.8. The van der Waals surface area contributed by atoms with E-state index in [1.165, 1.54) is 0 Å². The first-order chi connectivity index (χ1) is 11.6. The number of carbonyl (C=O) groups excluding carboxylic acids is 2. The number of aliphatic hydroxyl groups is 1. The second-order valence-electron chi connectivity index (χ2n) is 5.51. The largest absolute Gasteiger partial charge is 0.507 e. The van der Waals surface area contributed by atoms with Crippen molar-refractivity contribution in [1.29, 1.82) is 0 Å². The van der Waals surface area contributed by atoms with Crippen molar-refractivity contribution < 1.29 is 14.7 Å². The molecule has 2 aromatic carbocycles. The molecule has 0 saturated carbocycles. The molecule has 0 radical (unpaired) electrons. The Kier molecular flexibility index (Phi) is 4.40. The second-order valence-corrected chi connectivity index (χ2v) is 5.51. The maximum absolute atomic E-state index is 12.6. The summed E-state index contributed by atoms with van der Waals surface area (Å²) < 4.78 is 0. The highest BCUT2D eigenvalue weighted by molar-refractivity contribution is 6.52. The van der Waals surface area contributed by atoms with Crippen molar-refractivity contribution in [3.8, 4) is 0 Å². The van der Waals surface area contributed by atoms with Crippen molar-refractivity contribution in [3.63, 3.8) is 0 Å². The molecular weight excluding hydrogens is 302 g/mol. The number of fused-ring (bicyclic) bond motifs is 1. The molecule has 1 atom stereocenters. The monoisotopic (exact) mass is 319 g/mol. The van der Waals surface area contributed by atoms with E-state index in [1.54, 1.807) is 30.3 Å². The summed E-state index contributed by atoms with van der Waals surface area (Å²) in [6, 6.07) is 15.3. The van der Waals surface area contributed by atoms with Crippen LogP contribution in [0.3, 0.4) is 0 Å². The van der Waals surface area contributed by atoms with Gasteiger partial charge in [0.2, 0.25) is 11.6 Å². The van der Waals surface area contributed by atoms with Gasteiger partial charge in [-0.2, -0.15) is 0 Å². The molecule has 0 saturated heterocycles. The molecule has 0 aromatic heterocycles. The van der Waals surface area contributed by atoms with Crippen LogP contribution in [0.5, 0.6) is 0 Å². The van der Waals surface area contributed by atoms with Gasteiger partial charge in [-0.3, -0.25) is 9.59 Å². The first kappa shape index (κ1) is 15.9.